The summed E-state index contributed by atoms with van der Waals surface area (Å²) < 4.78 is 39.3. The lowest BCUT2D eigenvalue weighted by Gasteiger charge is -2.37. The van der Waals surface area contributed by atoms with E-state index in [1.165, 1.54) is 12.1 Å². The maximum atomic E-state index is 13.0. The van der Waals surface area contributed by atoms with Gasteiger partial charge < -0.3 is 0 Å². The molecule has 1 aromatic carbocycles. The molecule has 0 N–H and O–H groups in total. The summed E-state index contributed by atoms with van der Waals surface area (Å²) in [4.78, 5) is 2.26. The summed E-state index contributed by atoms with van der Waals surface area (Å²) in [6, 6.07) is 6.59. The Balaban J connectivity index is 1.62. The van der Waals surface area contributed by atoms with E-state index in [-0.39, 0.29) is 17.1 Å². The molecule has 1 aliphatic carbocycles. The number of benzene rings is 1. The van der Waals surface area contributed by atoms with Gasteiger partial charge in [-0.2, -0.15) is 0 Å². The fourth-order valence-electron chi connectivity index (χ4n) is 3.13. The van der Waals surface area contributed by atoms with Crippen molar-refractivity contribution in [2.24, 2.45) is 0 Å². The normalized spacial score (nSPS) is 23.9. The summed E-state index contributed by atoms with van der Waals surface area (Å²) in [6.45, 7) is 2.46. The molecule has 1 aliphatic heterocycles. The zero-order valence-electron chi connectivity index (χ0n) is 12.9. The van der Waals surface area contributed by atoms with Gasteiger partial charge in [0.05, 0.1) is 5.25 Å². The van der Waals surface area contributed by atoms with Crippen molar-refractivity contribution in [2.75, 3.05) is 20.1 Å². The van der Waals surface area contributed by atoms with Crippen LogP contribution in [0.15, 0.2) is 24.3 Å². The van der Waals surface area contributed by atoms with Gasteiger partial charge in [0.2, 0.25) is 10.0 Å². The maximum absolute atomic E-state index is 13.0. The van der Waals surface area contributed by atoms with Gasteiger partial charge in [-0.25, -0.2) is 17.1 Å². The molecule has 122 valence electrons. The Morgan fingerprint density at radius 1 is 1.23 bits per heavy atom. The highest BCUT2D eigenvalue weighted by Gasteiger charge is 2.41. The zero-order valence-corrected chi connectivity index (χ0v) is 13.7. The Morgan fingerprint density at radius 3 is 2.55 bits per heavy atom. The molecule has 1 aromatic rings. The summed E-state index contributed by atoms with van der Waals surface area (Å²) in [7, 11) is -1.39. The Labute approximate surface area is 132 Å². The molecule has 1 saturated carbocycles. The molecule has 22 heavy (non-hydrogen) atoms. The van der Waals surface area contributed by atoms with Crippen LogP contribution in [-0.2, 0) is 16.6 Å². The van der Waals surface area contributed by atoms with Crippen LogP contribution in [0, 0.1) is 5.82 Å². The van der Waals surface area contributed by atoms with Crippen molar-refractivity contribution in [1.82, 2.24) is 9.21 Å². The molecule has 3 rings (SSSR count). The summed E-state index contributed by atoms with van der Waals surface area (Å²) in [5.74, 6) is -0.226. The van der Waals surface area contributed by atoms with E-state index in [1.54, 1.807) is 23.5 Å². The van der Waals surface area contributed by atoms with Crippen LogP contribution in [0.25, 0.3) is 0 Å². The monoisotopic (exact) mass is 326 g/mol. The lowest BCUT2D eigenvalue weighted by molar-refractivity contribution is 0.153. The minimum Gasteiger partial charge on any atom is -0.297 e. The molecule has 0 aromatic heterocycles. The summed E-state index contributed by atoms with van der Waals surface area (Å²) in [5, 5.41) is -0.148. The van der Waals surface area contributed by atoms with Crippen LogP contribution >= 0.6 is 0 Å². The number of nitrogens with zero attached hydrogens (tertiary/aromatic N) is 2. The van der Waals surface area contributed by atoms with Gasteiger partial charge in [0, 0.05) is 26.2 Å². The highest BCUT2D eigenvalue weighted by molar-refractivity contribution is 7.90. The van der Waals surface area contributed by atoms with Crippen LogP contribution in [0.3, 0.4) is 0 Å². The summed E-state index contributed by atoms with van der Waals surface area (Å²) in [5.41, 5.74) is 1.06. The fourth-order valence-corrected chi connectivity index (χ4v) is 4.92. The van der Waals surface area contributed by atoms with E-state index >= 15 is 0 Å². The van der Waals surface area contributed by atoms with Crippen molar-refractivity contribution in [2.45, 2.75) is 43.5 Å². The van der Waals surface area contributed by atoms with E-state index in [4.69, 9.17) is 0 Å². The SMILES string of the molecule is CN(C1CCCN(Cc2ccc(F)cc2)C1)S(=O)(=O)C1CC1. The van der Waals surface area contributed by atoms with E-state index < -0.39 is 10.0 Å². The quantitative estimate of drug-likeness (QED) is 0.833. The van der Waals surface area contributed by atoms with Gasteiger partial charge in [0.1, 0.15) is 5.82 Å². The fraction of sp³-hybridized carbons (Fsp3) is 0.625. The van der Waals surface area contributed by atoms with E-state index in [0.717, 1.165) is 50.9 Å². The van der Waals surface area contributed by atoms with Crippen molar-refractivity contribution in [3.63, 3.8) is 0 Å². The number of halogens is 1. The molecule has 6 heteroatoms. The number of hydrogen-bond donors (Lipinski definition) is 0. The first-order valence-electron chi connectivity index (χ1n) is 7.90. The van der Waals surface area contributed by atoms with Gasteiger partial charge in [-0.15, -0.1) is 0 Å². The van der Waals surface area contributed by atoms with E-state index in [9.17, 15) is 12.8 Å². The van der Waals surface area contributed by atoms with Crippen LogP contribution in [0.4, 0.5) is 4.39 Å². The molecular weight excluding hydrogens is 303 g/mol. The number of hydrogen-bond acceptors (Lipinski definition) is 3. The average Bonchev–Trinajstić information content (AvgIpc) is 3.34. The molecule has 2 fully saturated rings. The van der Waals surface area contributed by atoms with Crippen molar-refractivity contribution in [1.29, 1.82) is 0 Å². The molecule has 1 saturated heterocycles. The Bertz CT molecular complexity index is 614. The average molecular weight is 326 g/mol. The van der Waals surface area contributed by atoms with Crippen LogP contribution in [0.2, 0.25) is 0 Å². The van der Waals surface area contributed by atoms with Crippen molar-refractivity contribution in [3.05, 3.63) is 35.6 Å². The zero-order chi connectivity index (χ0) is 15.7. The maximum Gasteiger partial charge on any atom is 0.217 e. The minimum absolute atomic E-state index is 0.0554. The Morgan fingerprint density at radius 2 is 1.91 bits per heavy atom. The number of sulfonamides is 1. The Kier molecular flexibility index (Phi) is 4.52. The predicted molar refractivity (Wildman–Crippen MR) is 84.4 cm³/mol. The molecule has 1 atom stereocenters. The number of rotatable bonds is 5. The molecule has 2 aliphatic rings. The van der Waals surface area contributed by atoms with Gasteiger partial charge in [-0.1, -0.05) is 12.1 Å². The first-order valence-corrected chi connectivity index (χ1v) is 9.41. The standard InChI is InChI=1S/C16H23FN2O2S/c1-18(22(20,21)16-8-9-16)15-3-2-10-19(12-15)11-13-4-6-14(17)7-5-13/h4-7,15-16H,2-3,8-12H2,1H3. The van der Waals surface area contributed by atoms with Gasteiger partial charge in [-0.3, -0.25) is 4.90 Å². The highest BCUT2D eigenvalue weighted by atomic mass is 32.2. The second-order valence-corrected chi connectivity index (χ2v) is 8.69. The van der Waals surface area contributed by atoms with E-state index in [2.05, 4.69) is 4.90 Å². The van der Waals surface area contributed by atoms with E-state index in [0.29, 0.717) is 0 Å². The highest BCUT2D eigenvalue weighted by Crippen LogP contribution is 2.32. The number of piperidine rings is 1. The molecule has 0 bridgehead atoms. The molecule has 1 unspecified atom stereocenters. The first kappa shape index (κ1) is 15.9. The largest absolute Gasteiger partial charge is 0.297 e. The lowest BCUT2D eigenvalue weighted by Crippen LogP contribution is -2.48. The van der Waals surface area contributed by atoms with Crippen molar-refractivity contribution >= 4 is 10.0 Å². The van der Waals surface area contributed by atoms with Crippen molar-refractivity contribution in [3.8, 4) is 0 Å². The molecular formula is C16H23FN2O2S. The summed E-state index contributed by atoms with van der Waals surface area (Å²) in [6.07, 6.45) is 3.52. The molecule has 4 nitrogen and oxygen atoms in total. The molecule has 0 spiro atoms. The molecule has 1 heterocycles. The molecule has 0 radical (unpaired) electrons. The van der Waals surface area contributed by atoms with Crippen LogP contribution < -0.4 is 0 Å². The number of likely N-dealkylation sites (tertiary alicyclic amines) is 1. The second-order valence-electron chi connectivity index (χ2n) is 6.42. The number of likely N-dealkylation sites (N-methyl/N-ethyl adjacent to an activating group) is 1. The van der Waals surface area contributed by atoms with Crippen LogP contribution in [-0.4, -0.2) is 49.1 Å². The van der Waals surface area contributed by atoms with Crippen molar-refractivity contribution < 1.29 is 12.8 Å². The Hall–Kier alpha value is -0.980. The smallest absolute Gasteiger partial charge is 0.217 e. The third-order valence-corrected chi connectivity index (χ3v) is 7.08. The lowest BCUT2D eigenvalue weighted by atomic mass is 10.1. The van der Waals surface area contributed by atoms with Gasteiger partial charge >= 0.3 is 0 Å². The van der Waals surface area contributed by atoms with Crippen LogP contribution in [0.5, 0.6) is 0 Å². The molecule has 0 amide bonds. The topological polar surface area (TPSA) is 40.6 Å². The third-order valence-electron chi connectivity index (χ3n) is 4.66. The van der Waals surface area contributed by atoms with Gasteiger partial charge in [0.15, 0.2) is 0 Å². The third kappa shape index (κ3) is 3.50. The van der Waals surface area contributed by atoms with E-state index in [1.807, 2.05) is 0 Å². The van der Waals surface area contributed by atoms with Gasteiger partial charge in [0.25, 0.3) is 0 Å². The minimum atomic E-state index is -3.11. The summed E-state index contributed by atoms with van der Waals surface area (Å²) >= 11 is 0. The first-order chi connectivity index (χ1) is 10.5. The van der Waals surface area contributed by atoms with Crippen LogP contribution in [0.1, 0.15) is 31.2 Å². The predicted octanol–water partition coefficient (Wildman–Crippen LogP) is 2.21. The van der Waals surface area contributed by atoms with Gasteiger partial charge in [-0.05, 0) is 49.9 Å². The second kappa shape index (κ2) is 6.26.